The van der Waals surface area contributed by atoms with Crippen LogP contribution in [0.2, 0.25) is 0 Å². The first-order valence-electron chi connectivity index (χ1n) is 5.99. The number of benzene rings is 1. The predicted molar refractivity (Wildman–Crippen MR) is 67.6 cm³/mol. The van der Waals surface area contributed by atoms with Crippen LogP contribution < -0.4 is 0 Å². The highest BCUT2D eigenvalue weighted by Gasteiger charge is 2.34. The Morgan fingerprint density at radius 2 is 1.76 bits per heavy atom. The Kier molecular flexibility index (Phi) is 5.35. The quantitative estimate of drug-likeness (QED) is 0.868. The van der Waals surface area contributed by atoms with Crippen LogP contribution in [-0.4, -0.2) is 36.4 Å². The Bertz CT molecular complexity index is 625. The first-order chi connectivity index (χ1) is 9.61. The zero-order valence-corrected chi connectivity index (χ0v) is 12.1. The summed E-state index contributed by atoms with van der Waals surface area (Å²) in [5.41, 5.74) is 0. The Hall–Kier alpha value is -1.61. The van der Waals surface area contributed by atoms with E-state index >= 15 is 0 Å². The van der Waals surface area contributed by atoms with Crippen molar-refractivity contribution < 1.29 is 31.5 Å². The van der Waals surface area contributed by atoms with Gasteiger partial charge < -0.3 is 5.11 Å². The van der Waals surface area contributed by atoms with Gasteiger partial charge in [-0.15, -0.1) is 0 Å². The van der Waals surface area contributed by atoms with Crippen LogP contribution >= 0.6 is 0 Å². The summed E-state index contributed by atoms with van der Waals surface area (Å²) < 4.78 is 65.3. The molecule has 5 nitrogen and oxygen atoms in total. The van der Waals surface area contributed by atoms with Crippen LogP contribution in [0, 0.1) is 17.5 Å². The molecule has 1 atom stereocenters. The second-order valence-corrected chi connectivity index (χ2v) is 6.18. The number of sulfonamides is 1. The van der Waals surface area contributed by atoms with Crippen LogP contribution in [0.3, 0.4) is 0 Å². The first kappa shape index (κ1) is 17.4. The fraction of sp³-hybridized carbons (Fsp3) is 0.417. The number of carbonyl (C=O) groups is 1. The maximum absolute atomic E-state index is 13.6. The highest BCUT2D eigenvalue weighted by Crippen LogP contribution is 2.25. The summed E-state index contributed by atoms with van der Waals surface area (Å²) in [7, 11) is -4.62. The van der Waals surface area contributed by atoms with Gasteiger partial charge in [0.2, 0.25) is 10.0 Å². The van der Waals surface area contributed by atoms with Crippen molar-refractivity contribution in [2.24, 2.45) is 0 Å². The molecular formula is C12H14F3NO4S. The zero-order chi connectivity index (χ0) is 16.4. The summed E-state index contributed by atoms with van der Waals surface area (Å²) >= 11 is 0. The highest BCUT2D eigenvalue weighted by molar-refractivity contribution is 7.89. The molecule has 0 heterocycles. The van der Waals surface area contributed by atoms with E-state index in [-0.39, 0.29) is 18.7 Å². The lowest BCUT2D eigenvalue weighted by molar-refractivity contribution is -0.137. The van der Waals surface area contributed by atoms with Crippen LogP contribution in [0.15, 0.2) is 17.0 Å². The molecule has 0 aliphatic carbocycles. The molecule has 0 saturated carbocycles. The summed E-state index contributed by atoms with van der Waals surface area (Å²) in [6.07, 6.45) is -0.530. The van der Waals surface area contributed by atoms with Crippen LogP contribution in [0.25, 0.3) is 0 Å². The molecule has 9 heteroatoms. The fourth-order valence-electron chi connectivity index (χ4n) is 1.97. The van der Waals surface area contributed by atoms with Gasteiger partial charge in [0.15, 0.2) is 4.90 Å². The van der Waals surface area contributed by atoms with Crippen molar-refractivity contribution in [1.29, 1.82) is 0 Å². The van der Waals surface area contributed by atoms with Gasteiger partial charge in [-0.05, 0) is 6.92 Å². The third-order valence-corrected chi connectivity index (χ3v) is 4.94. The van der Waals surface area contributed by atoms with Crippen molar-refractivity contribution in [3.05, 3.63) is 29.6 Å². The van der Waals surface area contributed by atoms with E-state index in [1.165, 1.54) is 13.8 Å². The zero-order valence-electron chi connectivity index (χ0n) is 11.3. The number of carboxylic acids is 1. The monoisotopic (exact) mass is 325 g/mol. The number of halogens is 3. The van der Waals surface area contributed by atoms with Crippen molar-refractivity contribution in [2.45, 2.75) is 31.2 Å². The third kappa shape index (κ3) is 3.73. The Balaban J connectivity index is 3.35. The smallest absolute Gasteiger partial charge is 0.304 e. The van der Waals surface area contributed by atoms with Crippen LogP contribution in [-0.2, 0) is 14.8 Å². The van der Waals surface area contributed by atoms with Crippen molar-refractivity contribution in [2.75, 3.05) is 6.54 Å². The van der Waals surface area contributed by atoms with Gasteiger partial charge >= 0.3 is 5.97 Å². The molecule has 118 valence electrons. The second-order valence-electron chi connectivity index (χ2n) is 4.35. The minimum atomic E-state index is -4.62. The molecule has 0 aliphatic heterocycles. The van der Waals surface area contributed by atoms with Crippen LogP contribution in [0.4, 0.5) is 13.2 Å². The summed E-state index contributed by atoms with van der Waals surface area (Å²) in [5.74, 6) is -5.62. The summed E-state index contributed by atoms with van der Waals surface area (Å²) in [6.45, 7) is 2.51. The predicted octanol–water partition coefficient (Wildman–Crippen LogP) is 1.98. The largest absolute Gasteiger partial charge is 0.481 e. The molecule has 1 unspecified atom stereocenters. The molecule has 0 saturated heterocycles. The summed E-state index contributed by atoms with van der Waals surface area (Å²) in [4.78, 5) is 9.36. The van der Waals surface area contributed by atoms with E-state index in [9.17, 15) is 26.4 Å². The van der Waals surface area contributed by atoms with Gasteiger partial charge in [0.05, 0.1) is 6.42 Å². The van der Waals surface area contributed by atoms with Gasteiger partial charge in [-0.2, -0.15) is 4.31 Å². The van der Waals surface area contributed by atoms with E-state index in [1.54, 1.807) is 0 Å². The first-order valence-corrected chi connectivity index (χ1v) is 7.43. The lowest BCUT2D eigenvalue weighted by Crippen LogP contribution is -2.40. The molecule has 0 fully saturated rings. The number of nitrogens with zero attached hydrogens (tertiary/aromatic N) is 1. The van der Waals surface area contributed by atoms with Crippen LogP contribution in [0.5, 0.6) is 0 Å². The summed E-state index contributed by atoms with van der Waals surface area (Å²) in [6, 6.07) is -0.501. The molecule has 0 radical (unpaired) electrons. The van der Waals surface area contributed by atoms with Gasteiger partial charge in [-0.3, -0.25) is 4.79 Å². The maximum atomic E-state index is 13.6. The van der Waals surface area contributed by atoms with Crippen molar-refractivity contribution in [1.82, 2.24) is 4.31 Å². The molecular weight excluding hydrogens is 311 g/mol. The van der Waals surface area contributed by atoms with E-state index in [0.29, 0.717) is 4.31 Å². The minimum Gasteiger partial charge on any atom is -0.481 e. The Morgan fingerprint density at radius 3 is 2.14 bits per heavy atom. The van der Waals surface area contributed by atoms with E-state index in [4.69, 9.17) is 5.11 Å². The number of hydrogen-bond acceptors (Lipinski definition) is 3. The molecule has 21 heavy (non-hydrogen) atoms. The summed E-state index contributed by atoms with van der Waals surface area (Å²) in [5, 5.41) is 8.69. The van der Waals surface area contributed by atoms with E-state index in [0.717, 1.165) is 0 Å². The number of carboxylic acid groups (broad SMARTS) is 1. The molecule has 1 aromatic rings. The van der Waals surface area contributed by atoms with Crippen molar-refractivity contribution >= 4 is 16.0 Å². The van der Waals surface area contributed by atoms with Gasteiger partial charge in [0, 0.05) is 24.7 Å². The molecule has 1 N–H and O–H groups in total. The number of hydrogen-bond donors (Lipinski definition) is 1. The molecule has 1 aromatic carbocycles. The topological polar surface area (TPSA) is 74.7 Å². The molecule has 1 rings (SSSR count). The average molecular weight is 325 g/mol. The van der Waals surface area contributed by atoms with Gasteiger partial charge in [0.1, 0.15) is 17.5 Å². The normalized spacial score (nSPS) is 13.4. The maximum Gasteiger partial charge on any atom is 0.304 e. The highest BCUT2D eigenvalue weighted by atomic mass is 32.2. The Labute approximate surface area is 120 Å². The third-order valence-electron chi connectivity index (χ3n) is 2.80. The molecule has 0 bridgehead atoms. The van der Waals surface area contributed by atoms with Gasteiger partial charge in [0.25, 0.3) is 0 Å². The Morgan fingerprint density at radius 1 is 1.29 bits per heavy atom. The fourth-order valence-corrected chi connectivity index (χ4v) is 3.70. The number of aliphatic carboxylic acids is 1. The minimum absolute atomic E-state index is 0.187. The SMILES string of the molecule is CCN(C(C)CC(=O)O)S(=O)(=O)c1c(F)cc(F)cc1F. The standard InChI is InChI=1S/C12H14F3NO4S/c1-3-16(7(2)4-11(17)18)21(19,20)12-9(14)5-8(13)6-10(12)15/h5-7H,3-4H2,1-2H3,(H,17,18). The lowest BCUT2D eigenvalue weighted by atomic mass is 10.2. The average Bonchev–Trinajstić information content (AvgIpc) is 2.25. The van der Waals surface area contributed by atoms with Crippen molar-refractivity contribution in [3.63, 3.8) is 0 Å². The molecule has 0 spiro atoms. The lowest BCUT2D eigenvalue weighted by Gasteiger charge is -2.26. The molecule has 0 amide bonds. The molecule has 0 aliphatic rings. The van der Waals surface area contributed by atoms with Crippen molar-refractivity contribution in [3.8, 4) is 0 Å². The van der Waals surface area contributed by atoms with Gasteiger partial charge in [-0.1, -0.05) is 6.92 Å². The van der Waals surface area contributed by atoms with Crippen LogP contribution in [0.1, 0.15) is 20.3 Å². The van der Waals surface area contributed by atoms with E-state index in [2.05, 4.69) is 0 Å². The van der Waals surface area contributed by atoms with Gasteiger partial charge in [-0.25, -0.2) is 21.6 Å². The van der Waals surface area contributed by atoms with E-state index in [1.807, 2.05) is 0 Å². The molecule has 0 aromatic heterocycles. The second kappa shape index (κ2) is 6.44. The number of rotatable bonds is 6. The van der Waals surface area contributed by atoms with E-state index < -0.39 is 50.8 Å².